The molecule has 1 aromatic heterocycles. The monoisotopic (exact) mass is 366 g/mol. The van der Waals surface area contributed by atoms with Gasteiger partial charge in [0.1, 0.15) is 0 Å². The van der Waals surface area contributed by atoms with Gasteiger partial charge in [-0.2, -0.15) is 0 Å². The molecule has 2 aliphatic rings. The lowest BCUT2D eigenvalue weighted by Gasteiger charge is -2.45. The van der Waals surface area contributed by atoms with Crippen LogP contribution in [-0.2, 0) is 20.7 Å². The summed E-state index contributed by atoms with van der Waals surface area (Å²) in [6, 6.07) is 8.74. The van der Waals surface area contributed by atoms with Crippen LogP contribution in [0.2, 0.25) is 0 Å². The van der Waals surface area contributed by atoms with E-state index in [0.29, 0.717) is 5.57 Å². The second kappa shape index (κ2) is 7.24. The van der Waals surface area contributed by atoms with Gasteiger partial charge >= 0.3 is 5.97 Å². The molecule has 3 heterocycles. The van der Waals surface area contributed by atoms with Gasteiger partial charge in [0.2, 0.25) is 0 Å². The van der Waals surface area contributed by atoms with Crippen LogP contribution in [0.3, 0.4) is 0 Å². The van der Waals surface area contributed by atoms with Crippen LogP contribution in [0.25, 0.3) is 10.9 Å². The topological polar surface area (TPSA) is 54.6 Å². The Labute approximate surface area is 159 Å². The standard InChI is InChI=1S/C22H26N2O3/c1-4-14-12-24-10-9-16-15-7-5-6-8-19(15)23-21(16)20(24)11-17(14)18(13-26-2)22(25)27-3/h4-8,13-14,17,20,23H,1,9-12H2,2-3H3/b18-13+/t14-,17+,20+/m1/s1. The van der Waals surface area contributed by atoms with Crippen molar-refractivity contribution >= 4 is 16.9 Å². The minimum atomic E-state index is -0.324. The van der Waals surface area contributed by atoms with E-state index in [9.17, 15) is 4.79 Å². The molecule has 1 aromatic carbocycles. The van der Waals surface area contributed by atoms with E-state index in [4.69, 9.17) is 9.47 Å². The average molecular weight is 366 g/mol. The molecule has 0 radical (unpaired) electrons. The minimum absolute atomic E-state index is 0.0218. The van der Waals surface area contributed by atoms with Gasteiger partial charge in [0.15, 0.2) is 0 Å². The molecule has 1 fully saturated rings. The average Bonchev–Trinajstić information content (AvgIpc) is 3.09. The molecule has 2 aliphatic heterocycles. The van der Waals surface area contributed by atoms with E-state index < -0.39 is 0 Å². The number of carbonyl (C=O) groups excluding carboxylic acids is 1. The molecule has 0 amide bonds. The summed E-state index contributed by atoms with van der Waals surface area (Å²) >= 11 is 0. The highest BCUT2D eigenvalue weighted by molar-refractivity contribution is 5.89. The first-order valence-electron chi connectivity index (χ1n) is 9.45. The molecule has 1 saturated heterocycles. The maximum atomic E-state index is 12.4. The Morgan fingerprint density at radius 3 is 2.89 bits per heavy atom. The number of H-pyrrole nitrogens is 1. The molecule has 0 aliphatic carbocycles. The summed E-state index contributed by atoms with van der Waals surface area (Å²) in [5.74, 6) is -0.115. The number of carbonyl (C=O) groups is 1. The van der Waals surface area contributed by atoms with Gasteiger partial charge < -0.3 is 14.5 Å². The van der Waals surface area contributed by atoms with Gasteiger partial charge in [-0.3, -0.25) is 4.90 Å². The van der Waals surface area contributed by atoms with Crippen molar-refractivity contribution < 1.29 is 14.3 Å². The number of rotatable bonds is 4. The van der Waals surface area contributed by atoms with Gasteiger partial charge in [-0.25, -0.2) is 4.79 Å². The zero-order valence-corrected chi connectivity index (χ0v) is 15.9. The molecule has 5 heteroatoms. The van der Waals surface area contributed by atoms with Crippen molar-refractivity contribution in [2.24, 2.45) is 11.8 Å². The first kappa shape index (κ1) is 17.9. The van der Waals surface area contributed by atoms with E-state index in [1.165, 1.54) is 35.5 Å². The molecule has 5 nitrogen and oxygen atoms in total. The van der Waals surface area contributed by atoms with E-state index in [2.05, 4.69) is 40.7 Å². The number of hydrogen-bond acceptors (Lipinski definition) is 4. The Morgan fingerprint density at radius 2 is 2.15 bits per heavy atom. The second-order valence-corrected chi connectivity index (χ2v) is 7.37. The Bertz CT molecular complexity index is 898. The van der Waals surface area contributed by atoms with Gasteiger partial charge in [-0.05, 0) is 30.4 Å². The van der Waals surface area contributed by atoms with Crippen LogP contribution >= 0.6 is 0 Å². The summed E-state index contributed by atoms with van der Waals surface area (Å²) < 4.78 is 10.2. The quantitative estimate of drug-likeness (QED) is 0.389. The first-order chi connectivity index (χ1) is 13.2. The van der Waals surface area contributed by atoms with E-state index in [-0.39, 0.29) is 23.8 Å². The number of methoxy groups -OCH3 is 2. The predicted molar refractivity (Wildman–Crippen MR) is 105 cm³/mol. The summed E-state index contributed by atoms with van der Waals surface area (Å²) in [7, 11) is 2.98. The number of nitrogens with one attached hydrogen (secondary N) is 1. The third-order valence-electron chi connectivity index (χ3n) is 6.08. The smallest absolute Gasteiger partial charge is 0.337 e. The van der Waals surface area contributed by atoms with Gasteiger partial charge in [0.25, 0.3) is 0 Å². The van der Waals surface area contributed by atoms with Gasteiger partial charge in [-0.15, -0.1) is 6.58 Å². The van der Waals surface area contributed by atoms with Crippen molar-refractivity contribution in [1.82, 2.24) is 9.88 Å². The fourth-order valence-electron chi connectivity index (χ4n) is 4.80. The van der Waals surface area contributed by atoms with Gasteiger partial charge in [0, 0.05) is 35.6 Å². The molecule has 4 rings (SSSR count). The summed E-state index contributed by atoms with van der Waals surface area (Å²) in [4.78, 5) is 18.5. The highest BCUT2D eigenvalue weighted by Gasteiger charge is 2.42. The SMILES string of the molecule is C=C[C@@H]1CN2CCc3c([nH]c4ccccc34)[C@@H]2C[C@@H]1/C(=C\OC)C(=O)OC. The lowest BCUT2D eigenvalue weighted by atomic mass is 9.75. The predicted octanol–water partition coefficient (Wildman–Crippen LogP) is 3.59. The molecule has 3 atom stereocenters. The van der Waals surface area contributed by atoms with E-state index in [0.717, 1.165) is 25.9 Å². The molecule has 142 valence electrons. The number of aromatic nitrogens is 1. The highest BCUT2D eigenvalue weighted by atomic mass is 16.5. The van der Waals surface area contributed by atoms with Crippen LogP contribution < -0.4 is 0 Å². The van der Waals surface area contributed by atoms with E-state index in [1.807, 2.05) is 6.08 Å². The van der Waals surface area contributed by atoms with E-state index >= 15 is 0 Å². The minimum Gasteiger partial charge on any atom is -0.504 e. The zero-order valence-electron chi connectivity index (χ0n) is 15.9. The summed E-state index contributed by atoms with van der Waals surface area (Å²) in [5.41, 5.74) is 4.48. The number of esters is 1. The lowest BCUT2D eigenvalue weighted by molar-refractivity contribution is -0.137. The first-order valence-corrected chi connectivity index (χ1v) is 9.45. The summed E-state index contributed by atoms with van der Waals surface area (Å²) in [5, 5.41) is 1.31. The van der Waals surface area contributed by atoms with Crippen LogP contribution in [0.5, 0.6) is 0 Å². The Balaban J connectivity index is 1.74. The molecule has 0 bridgehead atoms. The fraction of sp³-hybridized carbons (Fsp3) is 0.409. The number of hydrogen-bond donors (Lipinski definition) is 1. The zero-order chi connectivity index (χ0) is 19.0. The lowest BCUT2D eigenvalue weighted by Crippen LogP contribution is -2.46. The third-order valence-corrected chi connectivity index (χ3v) is 6.08. The molecule has 0 unspecified atom stereocenters. The summed E-state index contributed by atoms with van der Waals surface area (Å²) in [6.07, 6.45) is 5.38. The summed E-state index contributed by atoms with van der Waals surface area (Å²) in [6.45, 7) is 5.93. The second-order valence-electron chi connectivity index (χ2n) is 7.37. The van der Waals surface area contributed by atoms with Crippen molar-refractivity contribution in [1.29, 1.82) is 0 Å². The normalized spacial score (nSPS) is 25.6. The van der Waals surface area contributed by atoms with Crippen molar-refractivity contribution in [2.75, 3.05) is 27.3 Å². The van der Waals surface area contributed by atoms with Crippen molar-refractivity contribution in [3.8, 4) is 0 Å². The van der Waals surface area contributed by atoms with Crippen LogP contribution in [0.4, 0.5) is 0 Å². The number of para-hydroxylation sites is 1. The maximum Gasteiger partial charge on any atom is 0.337 e. The number of aromatic amines is 1. The molecular weight excluding hydrogens is 340 g/mol. The van der Waals surface area contributed by atoms with Crippen molar-refractivity contribution in [2.45, 2.75) is 18.9 Å². The number of nitrogens with zero attached hydrogens (tertiary/aromatic N) is 1. The van der Waals surface area contributed by atoms with Crippen LogP contribution in [0.1, 0.15) is 23.7 Å². The van der Waals surface area contributed by atoms with Crippen molar-refractivity contribution in [3.05, 3.63) is 60.0 Å². The fourth-order valence-corrected chi connectivity index (χ4v) is 4.80. The Morgan fingerprint density at radius 1 is 1.33 bits per heavy atom. The molecule has 27 heavy (non-hydrogen) atoms. The largest absolute Gasteiger partial charge is 0.504 e. The number of ether oxygens (including phenoxy) is 2. The number of fused-ring (bicyclic) bond motifs is 5. The molecule has 0 spiro atoms. The van der Waals surface area contributed by atoms with E-state index in [1.54, 1.807) is 7.11 Å². The number of benzene rings is 1. The maximum absolute atomic E-state index is 12.4. The van der Waals surface area contributed by atoms with Gasteiger partial charge in [0.05, 0.1) is 32.1 Å². The molecular formula is C22H26N2O3. The van der Waals surface area contributed by atoms with Gasteiger partial charge in [-0.1, -0.05) is 24.3 Å². The molecule has 1 N–H and O–H groups in total. The Kier molecular flexibility index (Phi) is 4.79. The molecule has 0 saturated carbocycles. The van der Waals surface area contributed by atoms with Crippen LogP contribution in [-0.4, -0.2) is 43.2 Å². The highest BCUT2D eigenvalue weighted by Crippen LogP contribution is 2.45. The molecule has 2 aromatic rings. The van der Waals surface area contributed by atoms with Crippen molar-refractivity contribution in [3.63, 3.8) is 0 Å². The number of piperidine rings is 1. The van der Waals surface area contributed by atoms with Crippen LogP contribution in [0.15, 0.2) is 48.8 Å². The third kappa shape index (κ3) is 2.96. The van der Waals surface area contributed by atoms with Crippen LogP contribution in [0, 0.1) is 11.8 Å². The Hall–Kier alpha value is -2.53.